The van der Waals surface area contributed by atoms with Gasteiger partial charge in [0.05, 0.1) is 5.92 Å². The molecular formula is C23H36N2O2. The first-order valence-electron chi connectivity index (χ1n) is 11.2. The zero-order valence-electron chi connectivity index (χ0n) is 17.2. The van der Waals surface area contributed by atoms with Gasteiger partial charge in [-0.25, -0.2) is 0 Å². The van der Waals surface area contributed by atoms with Gasteiger partial charge in [0.1, 0.15) is 12.2 Å². The molecule has 0 aromatic rings. The number of aliphatic hydroxyl groups is 1. The highest BCUT2D eigenvalue weighted by atomic mass is 16.3. The first-order chi connectivity index (χ1) is 12.9. The van der Waals surface area contributed by atoms with E-state index < -0.39 is 0 Å². The summed E-state index contributed by atoms with van der Waals surface area (Å²) in [6.45, 7) is 7.47. The van der Waals surface area contributed by atoms with Gasteiger partial charge in [0.15, 0.2) is 0 Å². The van der Waals surface area contributed by atoms with Crippen molar-refractivity contribution in [3.63, 3.8) is 0 Å². The van der Waals surface area contributed by atoms with Crippen molar-refractivity contribution in [1.82, 2.24) is 0 Å². The standard InChI is InChI=1S/C23H36N2O2/c1-14(12-26)17-6-7-18-16-4-5-20-21(25-24)15(13-27)8-10-23(20,3)19(16)9-11-22(17,18)2/h13-20,26H,4-12H2,1-3H3/t14?,15?,16-,17+,18-,19-,20-,22+,23+/m0/s1. The molecule has 0 amide bonds. The number of hydrogen-bond donors (Lipinski definition) is 1. The first kappa shape index (κ1) is 19.3. The van der Waals surface area contributed by atoms with Crippen LogP contribution in [0.25, 0.3) is 5.53 Å². The van der Waals surface area contributed by atoms with Crippen molar-refractivity contribution in [3.05, 3.63) is 5.53 Å². The Bertz CT molecular complexity index is 657. The summed E-state index contributed by atoms with van der Waals surface area (Å²) in [6, 6.07) is 0. The van der Waals surface area contributed by atoms with Crippen molar-refractivity contribution < 1.29 is 14.7 Å². The van der Waals surface area contributed by atoms with Gasteiger partial charge in [0, 0.05) is 6.61 Å². The van der Waals surface area contributed by atoms with E-state index >= 15 is 0 Å². The molecule has 27 heavy (non-hydrogen) atoms. The van der Waals surface area contributed by atoms with Crippen LogP contribution in [-0.2, 0) is 4.79 Å². The normalized spacial score (nSPS) is 50.1. The molecule has 9 atom stereocenters. The molecule has 4 nitrogen and oxygen atoms in total. The van der Waals surface area contributed by atoms with Crippen LogP contribution in [-0.4, -0.2) is 28.5 Å². The zero-order chi connectivity index (χ0) is 19.4. The summed E-state index contributed by atoms with van der Waals surface area (Å²) in [5.74, 6) is 3.35. The van der Waals surface area contributed by atoms with Crippen LogP contribution in [0.3, 0.4) is 0 Å². The van der Waals surface area contributed by atoms with E-state index in [9.17, 15) is 15.4 Å². The number of carbonyl (C=O) groups excluding carboxylic acids is 1. The van der Waals surface area contributed by atoms with Gasteiger partial charge in [0.25, 0.3) is 5.71 Å². The molecule has 150 valence electrons. The molecule has 2 unspecified atom stereocenters. The molecule has 4 saturated carbocycles. The Hall–Kier alpha value is -0.990. The number of aliphatic hydroxyl groups excluding tert-OH is 1. The van der Waals surface area contributed by atoms with Crippen molar-refractivity contribution in [2.24, 2.45) is 52.3 Å². The molecule has 4 heteroatoms. The van der Waals surface area contributed by atoms with Crippen molar-refractivity contribution in [2.75, 3.05) is 6.61 Å². The lowest BCUT2D eigenvalue weighted by Gasteiger charge is -2.60. The molecule has 0 aromatic carbocycles. The number of nitrogens with zero attached hydrogens (tertiary/aromatic N) is 2. The Kier molecular flexibility index (Phi) is 4.88. The average molecular weight is 373 g/mol. The molecule has 4 aliphatic carbocycles. The molecule has 4 aliphatic rings. The molecule has 4 fully saturated rings. The maximum Gasteiger partial charge on any atom is 0.282 e. The fourth-order valence-electron chi connectivity index (χ4n) is 8.56. The van der Waals surface area contributed by atoms with Crippen LogP contribution in [0, 0.1) is 52.3 Å². The molecule has 0 radical (unpaired) electrons. The van der Waals surface area contributed by atoms with Gasteiger partial charge >= 0.3 is 0 Å². The van der Waals surface area contributed by atoms with Crippen LogP contribution in [0.5, 0.6) is 0 Å². The summed E-state index contributed by atoms with van der Waals surface area (Å²) >= 11 is 0. The Morgan fingerprint density at radius 3 is 2.48 bits per heavy atom. The van der Waals surface area contributed by atoms with Crippen molar-refractivity contribution >= 4 is 12.0 Å². The third kappa shape index (κ3) is 2.63. The molecule has 1 N–H and O–H groups in total. The Morgan fingerprint density at radius 1 is 1.11 bits per heavy atom. The minimum Gasteiger partial charge on any atom is -0.396 e. The van der Waals surface area contributed by atoms with Gasteiger partial charge in [-0.1, -0.05) is 20.8 Å². The van der Waals surface area contributed by atoms with E-state index in [-0.39, 0.29) is 17.3 Å². The minimum absolute atomic E-state index is 0.173. The maximum absolute atomic E-state index is 11.5. The van der Waals surface area contributed by atoms with E-state index in [1.165, 1.54) is 32.1 Å². The third-order valence-corrected chi connectivity index (χ3v) is 9.93. The number of rotatable bonds is 3. The number of hydrogen-bond acceptors (Lipinski definition) is 2. The summed E-state index contributed by atoms with van der Waals surface area (Å²) in [6.07, 6.45) is 10.3. The number of aldehydes is 1. The molecule has 0 heterocycles. The lowest BCUT2D eigenvalue weighted by Crippen LogP contribution is -2.56. The summed E-state index contributed by atoms with van der Waals surface area (Å²) in [5, 5.41) is 9.77. The lowest BCUT2D eigenvalue weighted by atomic mass is 9.43. The second kappa shape index (κ2) is 6.81. The molecule has 0 bridgehead atoms. The molecule has 0 spiro atoms. The highest BCUT2D eigenvalue weighted by Gasteiger charge is 2.63. The van der Waals surface area contributed by atoms with Crippen molar-refractivity contribution in [1.29, 1.82) is 0 Å². The maximum atomic E-state index is 11.5. The van der Waals surface area contributed by atoms with Gasteiger partial charge < -0.3 is 15.4 Å². The Labute approximate surface area is 163 Å². The summed E-state index contributed by atoms with van der Waals surface area (Å²) in [4.78, 5) is 15.1. The van der Waals surface area contributed by atoms with E-state index in [0.29, 0.717) is 29.8 Å². The van der Waals surface area contributed by atoms with Crippen molar-refractivity contribution in [2.45, 2.75) is 72.1 Å². The van der Waals surface area contributed by atoms with Crippen LogP contribution >= 0.6 is 0 Å². The quantitative estimate of drug-likeness (QED) is 0.454. The molecule has 4 rings (SSSR count). The van der Waals surface area contributed by atoms with Crippen LogP contribution in [0.2, 0.25) is 0 Å². The van der Waals surface area contributed by atoms with Crippen molar-refractivity contribution in [3.8, 4) is 0 Å². The first-order valence-corrected chi connectivity index (χ1v) is 11.2. The van der Waals surface area contributed by atoms with Gasteiger partial charge in [-0.05, 0) is 91.8 Å². The minimum atomic E-state index is -0.181. The van der Waals surface area contributed by atoms with Gasteiger partial charge in [-0.15, -0.1) is 0 Å². The van der Waals surface area contributed by atoms with E-state index in [2.05, 4.69) is 25.6 Å². The largest absolute Gasteiger partial charge is 0.396 e. The molecule has 0 saturated heterocycles. The predicted octanol–water partition coefficient (Wildman–Crippen LogP) is 4.37. The molecule has 0 aliphatic heterocycles. The number of carbonyl (C=O) groups is 1. The van der Waals surface area contributed by atoms with Crippen LogP contribution in [0.4, 0.5) is 0 Å². The topological polar surface area (TPSA) is 73.7 Å². The average Bonchev–Trinajstić information content (AvgIpc) is 3.03. The van der Waals surface area contributed by atoms with Crippen LogP contribution < -0.4 is 0 Å². The van der Waals surface area contributed by atoms with Gasteiger partial charge in [-0.2, -0.15) is 4.79 Å². The highest BCUT2D eigenvalue weighted by Crippen LogP contribution is 2.68. The third-order valence-electron chi connectivity index (χ3n) is 9.93. The highest BCUT2D eigenvalue weighted by molar-refractivity contribution is 5.96. The fraction of sp³-hybridized carbons (Fsp3) is 0.913. The summed E-state index contributed by atoms with van der Waals surface area (Å²) < 4.78 is 0. The van der Waals surface area contributed by atoms with E-state index in [1.54, 1.807) is 0 Å². The van der Waals surface area contributed by atoms with E-state index in [0.717, 1.165) is 43.1 Å². The second-order valence-corrected chi connectivity index (χ2v) is 10.7. The Balaban J connectivity index is 1.63. The van der Waals surface area contributed by atoms with Crippen LogP contribution in [0.15, 0.2) is 0 Å². The SMILES string of the molecule is CC(CO)[C@H]1CC[C@H]2[C@@H]3CC[C@H]4C(=[N+]=[N-])C(C=O)CC[C@]4(C)[C@H]3CC[C@]12C. The van der Waals surface area contributed by atoms with Crippen LogP contribution in [0.1, 0.15) is 72.1 Å². The summed E-state index contributed by atoms with van der Waals surface area (Å²) in [5.41, 5.74) is 11.0. The molecule has 0 aromatic heterocycles. The summed E-state index contributed by atoms with van der Waals surface area (Å²) in [7, 11) is 0. The molecular weight excluding hydrogens is 336 g/mol. The fourth-order valence-corrected chi connectivity index (χ4v) is 8.56. The lowest BCUT2D eigenvalue weighted by molar-refractivity contribution is -0.123. The zero-order valence-corrected chi connectivity index (χ0v) is 17.2. The van der Waals surface area contributed by atoms with E-state index in [1.807, 2.05) is 0 Å². The van der Waals surface area contributed by atoms with E-state index in [4.69, 9.17) is 0 Å². The number of fused-ring (bicyclic) bond motifs is 5. The van der Waals surface area contributed by atoms with Gasteiger partial charge in [0.2, 0.25) is 0 Å². The second-order valence-electron chi connectivity index (χ2n) is 10.7. The smallest absolute Gasteiger partial charge is 0.282 e. The Morgan fingerprint density at radius 2 is 1.81 bits per heavy atom. The predicted molar refractivity (Wildman–Crippen MR) is 105 cm³/mol. The monoisotopic (exact) mass is 372 g/mol. The van der Waals surface area contributed by atoms with Gasteiger partial charge in [-0.3, -0.25) is 0 Å².